The van der Waals surface area contributed by atoms with Gasteiger partial charge in [0.2, 0.25) is 0 Å². The van der Waals surface area contributed by atoms with E-state index in [1.54, 1.807) is 6.08 Å². The Balaban J connectivity index is 3.21. The van der Waals surface area contributed by atoms with Crippen molar-refractivity contribution in [3.63, 3.8) is 0 Å². The SMILES string of the molecule is C=Cc1[nH]c(C(C)(C)C)nc1N=C. The van der Waals surface area contributed by atoms with Crippen LogP contribution in [0, 0.1) is 0 Å². The zero-order chi connectivity index (χ0) is 10.1. The summed E-state index contributed by atoms with van der Waals surface area (Å²) < 4.78 is 0. The van der Waals surface area contributed by atoms with Crippen LogP contribution in [0.25, 0.3) is 6.08 Å². The average molecular weight is 177 g/mol. The van der Waals surface area contributed by atoms with E-state index in [9.17, 15) is 0 Å². The van der Waals surface area contributed by atoms with Crippen molar-refractivity contribution < 1.29 is 0 Å². The van der Waals surface area contributed by atoms with Gasteiger partial charge in [0.05, 0.1) is 5.69 Å². The summed E-state index contributed by atoms with van der Waals surface area (Å²) in [5, 5.41) is 0. The Labute approximate surface area is 78.6 Å². The Hall–Kier alpha value is -1.38. The van der Waals surface area contributed by atoms with Gasteiger partial charge >= 0.3 is 0 Å². The van der Waals surface area contributed by atoms with Crippen LogP contribution in [0.5, 0.6) is 0 Å². The summed E-state index contributed by atoms with van der Waals surface area (Å²) in [6.45, 7) is 13.4. The van der Waals surface area contributed by atoms with Crippen LogP contribution in [0.1, 0.15) is 32.3 Å². The second kappa shape index (κ2) is 3.17. The molecular weight excluding hydrogens is 162 g/mol. The lowest BCUT2D eigenvalue weighted by molar-refractivity contribution is 0.552. The first-order chi connectivity index (χ1) is 5.99. The van der Waals surface area contributed by atoms with Crippen LogP contribution >= 0.6 is 0 Å². The van der Waals surface area contributed by atoms with Gasteiger partial charge < -0.3 is 4.98 Å². The Morgan fingerprint density at radius 1 is 1.46 bits per heavy atom. The summed E-state index contributed by atoms with van der Waals surface area (Å²) in [6, 6.07) is 0. The van der Waals surface area contributed by atoms with E-state index < -0.39 is 0 Å². The molecule has 0 aliphatic rings. The third-order valence-electron chi connectivity index (χ3n) is 1.78. The largest absolute Gasteiger partial charge is 0.340 e. The molecule has 0 spiro atoms. The molecule has 0 bridgehead atoms. The van der Waals surface area contributed by atoms with Crippen molar-refractivity contribution in [3.8, 4) is 0 Å². The minimum atomic E-state index is 0.000694. The standard InChI is InChI=1S/C10H15N3/c1-6-7-8(11-5)13-9(12-7)10(2,3)4/h6H,1,5H2,2-4H3,(H,12,13). The first-order valence-electron chi connectivity index (χ1n) is 4.18. The molecule has 0 aromatic carbocycles. The van der Waals surface area contributed by atoms with E-state index in [1.165, 1.54) is 0 Å². The van der Waals surface area contributed by atoms with Crippen molar-refractivity contribution in [2.24, 2.45) is 4.99 Å². The molecule has 0 aliphatic carbocycles. The summed E-state index contributed by atoms with van der Waals surface area (Å²) in [6.07, 6.45) is 1.70. The minimum absolute atomic E-state index is 0.000694. The third kappa shape index (κ3) is 1.86. The van der Waals surface area contributed by atoms with E-state index in [0.29, 0.717) is 5.82 Å². The zero-order valence-electron chi connectivity index (χ0n) is 8.39. The molecule has 3 heteroatoms. The van der Waals surface area contributed by atoms with Gasteiger partial charge in [-0.2, -0.15) is 0 Å². The van der Waals surface area contributed by atoms with Gasteiger partial charge in [-0.3, -0.25) is 0 Å². The first-order valence-corrected chi connectivity index (χ1v) is 4.18. The van der Waals surface area contributed by atoms with Gasteiger partial charge in [-0.05, 0) is 12.8 Å². The molecule has 0 saturated heterocycles. The smallest absolute Gasteiger partial charge is 0.177 e. The van der Waals surface area contributed by atoms with E-state index in [1.807, 2.05) is 0 Å². The summed E-state index contributed by atoms with van der Waals surface area (Å²) in [5.41, 5.74) is 0.834. The quantitative estimate of drug-likeness (QED) is 0.693. The molecule has 0 amide bonds. The number of nitrogens with one attached hydrogen (secondary N) is 1. The van der Waals surface area contributed by atoms with Gasteiger partial charge in [0.1, 0.15) is 5.82 Å². The highest BCUT2D eigenvalue weighted by atomic mass is 15.0. The molecule has 1 aromatic rings. The molecule has 0 radical (unpaired) electrons. The molecule has 1 heterocycles. The number of aromatic nitrogens is 2. The van der Waals surface area contributed by atoms with Gasteiger partial charge in [0.15, 0.2) is 5.82 Å². The number of nitrogens with zero attached hydrogens (tertiary/aromatic N) is 2. The molecular formula is C10H15N3. The second-order valence-corrected chi connectivity index (χ2v) is 3.93. The van der Waals surface area contributed by atoms with E-state index in [0.717, 1.165) is 11.5 Å². The monoisotopic (exact) mass is 177 g/mol. The van der Waals surface area contributed by atoms with E-state index in [4.69, 9.17) is 0 Å². The van der Waals surface area contributed by atoms with Crippen molar-refractivity contribution >= 4 is 18.6 Å². The summed E-state index contributed by atoms with van der Waals surface area (Å²) in [7, 11) is 0. The second-order valence-electron chi connectivity index (χ2n) is 3.93. The highest BCUT2D eigenvalue weighted by Crippen LogP contribution is 2.24. The van der Waals surface area contributed by atoms with E-state index in [-0.39, 0.29) is 5.41 Å². The predicted molar refractivity (Wildman–Crippen MR) is 56.6 cm³/mol. The van der Waals surface area contributed by atoms with Gasteiger partial charge in [-0.1, -0.05) is 27.4 Å². The molecule has 1 N–H and O–H groups in total. The minimum Gasteiger partial charge on any atom is -0.340 e. The topological polar surface area (TPSA) is 41.0 Å². The highest BCUT2D eigenvalue weighted by Gasteiger charge is 2.19. The average Bonchev–Trinajstić information content (AvgIpc) is 2.45. The molecule has 0 atom stereocenters. The fourth-order valence-corrected chi connectivity index (χ4v) is 0.996. The molecule has 0 unspecified atom stereocenters. The number of aliphatic imine (C=N–C) groups is 1. The lowest BCUT2D eigenvalue weighted by Crippen LogP contribution is -2.13. The van der Waals surface area contributed by atoms with Gasteiger partial charge in [-0.25, -0.2) is 9.98 Å². The van der Waals surface area contributed by atoms with Gasteiger partial charge in [0, 0.05) is 5.41 Å². The lowest BCUT2D eigenvalue weighted by atomic mass is 9.96. The fourth-order valence-electron chi connectivity index (χ4n) is 0.996. The molecule has 0 aliphatic heterocycles. The van der Waals surface area contributed by atoms with Crippen LogP contribution in [-0.4, -0.2) is 16.7 Å². The van der Waals surface area contributed by atoms with Crippen molar-refractivity contribution in [2.45, 2.75) is 26.2 Å². The predicted octanol–water partition coefficient (Wildman–Crippen LogP) is 2.68. The van der Waals surface area contributed by atoms with Crippen LogP contribution in [0.3, 0.4) is 0 Å². The summed E-state index contributed by atoms with van der Waals surface area (Å²) >= 11 is 0. The Morgan fingerprint density at radius 2 is 2.08 bits per heavy atom. The molecule has 1 aromatic heterocycles. The normalized spacial score (nSPS) is 11.3. The maximum Gasteiger partial charge on any atom is 0.177 e. The van der Waals surface area contributed by atoms with Crippen LogP contribution < -0.4 is 0 Å². The number of hydrogen-bond acceptors (Lipinski definition) is 2. The Kier molecular flexibility index (Phi) is 2.36. The van der Waals surface area contributed by atoms with Crippen molar-refractivity contribution in [3.05, 3.63) is 18.1 Å². The van der Waals surface area contributed by atoms with Crippen molar-refractivity contribution in [2.75, 3.05) is 0 Å². The van der Waals surface area contributed by atoms with Crippen LogP contribution in [0.4, 0.5) is 5.82 Å². The Morgan fingerprint density at radius 3 is 2.38 bits per heavy atom. The van der Waals surface area contributed by atoms with E-state index >= 15 is 0 Å². The lowest BCUT2D eigenvalue weighted by Gasteiger charge is -2.13. The van der Waals surface area contributed by atoms with E-state index in [2.05, 4.69) is 49.0 Å². The summed E-state index contributed by atoms with van der Waals surface area (Å²) in [5.74, 6) is 1.53. The molecule has 0 fully saturated rings. The first kappa shape index (κ1) is 9.71. The molecule has 1 rings (SSSR count). The van der Waals surface area contributed by atoms with Crippen LogP contribution in [-0.2, 0) is 5.41 Å². The zero-order valence-corrected chi connectivity index (χ0v) is 8.39. The molecule has 13 heavy (non-hydrogen) atoms. The maximum atomic E-state index is 4.31. The maximum absolute atomic E-state index is 4.31. The number of imidazole rings is 1. The van der Waals surface area contributed by atoms with Crippen LogP contribution in [0.2, 0.25) is 0 Å². The molecule has 3 nitrogen and oxygen atoms in total. The molecule has 70 valence electrons. The number of H-pyrrole nitrogens is 1. The third-order valence-corrected chi connectivity index (χ3v) is 1.78. The van der Waals surface area contributed by atoms with Crippen molar-refractivity contribution in [1.29, 1.82) is 0 Å². The van der Waals surface area contributed by atoms with Gasteiger partial charge in [0.25, 0.3) is 0 Å². The van der Waals surface area contributed by atoms with Gasteiger partial charge in [-0.15, -0.1) is 0 Å². The van der Waals surface area contributed by atoms with Crippen LogP contribution in [0.15, 0.2) is 11.6 Å². The number of rotatable bonds is 2. The highest BCUT2D eigenvalue weighted by molar-refractivity contribution is 5.58. The molecule has 0 saturated carbocycles. The number of hydrogen-bond donors (Lipinski definition) is 1. The fraction of sp³-hybridized carbons (Fsp3) is 0.400. The van der Waals surface area contributed by atoms with Crippen molar-refractivity contribution in [1.82, 2.24) is 9.97 Å². The number of aromatic amines is 1. The Bertz CT molecular complexity index is 303. The summed E-state index contributed by atoms with van der Waals surface area (Å²) in [4.78, 5) is 11.3.